The second-order valence-corrected chi connectivity index (χ2v) is 9.12. The highest BCUT2D eigenvalue weighted by Gasteiger charge is 2.24. The summed E-state index contributed by atoms with van der Waals surface area (Å²) in [7, 11) is 0. The molecular weight excluding hydrogens is 400 g/mol. The number of amides is 2. The molecule has 2 aromatic carbocycles. The van der Waals surface area contributed by atoms with E-state index in [1.165, 1.54) is 0 Å². The van der Waals surface area contributed by atoms with Gasteiger partial charge in [-0.25, -0.2) is 4.98 Å². The van der Waals surface area contributed by atoms with Crippen LogP contribution in [0.2, 0.25) is 0 Å². The molecule has 1 saturated heterocycles. The highest BCUT2D eigenvalue weighted by molar-refractivity contribution is 5.96. The average molecular weight is 433 g/mol. The zero-order chi connectivity index (χ0) is 22.8. The first-order chi connectivity index (χ1) is 15.3. The number of carbonyl (C=O) groups excluding carboxylic acids is 2. The normalized spacial score (nSPS) is 15.7. The molecule has 2 amide bonds. The van der Waals surface area contributed by atoms with Gasteiger partial charge in [0.25, 0.3) is 5.91 Å². The van der Waals surface area contributed by atoms with Crippen LogP contribution in [0.15, 0.2) is 42.5 Å². The third-order valence-corrected chi connectivity index (χ3v) is 6.48. The van der Waals surface area contributed by atoms with Crippen molar-refractivity contribution >= 4 is 22.8 Å². The predicted octanol–water partition coefficient (Wildman–Crippen LogP) is 4.40. The molecule has 32 heavy (non-hydrogen) atoms. The fraction of sp³-hybridized carbons (Fsp3) is 0.423. The summed E-state index contributed by atoms with van der Waals surface area (Å²) in [6, 6.07) is 13.3. The van der Waals surface area contributed by atoms with Gasteiger partial charge in [0.15, 0.2) is 0 Å². The Kier molecular flexibility index (Phi) is 6.31. The third kappa shape index (κ3) is 4.54. The van der Waals surface area contributed by atoms with E-state index in [-0.39, 0.29) is 24.4 Å². The van der Waals surface area contributed by atoms with Crippen LogP contribution < -0.4 is 5.32 Å². The lowest BCUT2D eigenvalue weighted by Gasteiger charge is -2.30. The second-order valence-electron chi connectivity index (χ2n) is 9.12. The predicted molar refractivity (Wildman–Crippen MR) is 127 cm³/mol. The molecule has 0 spiro atoms. The monoisotopic (exact) mass is 432 g/mol. The Morgan fingerprint density at radius 1 is 1.12 bits per heavy atom. The van der Waals surface area contributed by atoms with Crippen molar-refractivity contribution in [3.8, 4) is 0 Å². The van der Waals surface area contributed by atoms with Crippen molar-refractivity contribution in [2.75, 3.05) is 13.1 Å². The first-order valence-corrected chi connectivity index (χ1v) is 11.4. The second kappa shape index (κ2) is 9.15. The molecule has 1 aliphatic rings. The summed E-state index contributed by atoms with van der Waals surface area (Å²) in [5.74, 6) is 1.34. The number of para-hydroxylation sites is 2. The molecule has 1 atom stereocenters. The van der Waals surface area contributed by atoms with E-state index in [1.54, 1.807) is 0 Å². The zero-order valence-electron chi connectivity index (χ0n) is 19.4. The van der Waals surface area contributed by atoms with Gasteiger partial charge in [0.2, 0.25) is 5.91 Å². The van der Waals surface area contributed by atoms with E-state index in [9.17, 15) is 9.59 Å². The van der Waals surface area contributed by atoms with Gasteiger partial charge in [-0.3, -0.25) is 9.59 Å². The fourth-order valence-corrected chi connectivity index (χ4v) is 4.49. The number of piperidine rings is 1. The largest absolute Gasteiger partial charge is 0.342 e. The molecule has 2 heterocycles. The van der Waals surface area contributed by atoms with Crippen LogP contribution in [-0.2, 0) is 11.3 Å². The summed E-state index contributed by atoms with van der Waals surface area (Å²) in [4.78, 5) is 32.8. The Bertz CT molecular complexity index is 1140. The van der Waals surface area contributed by atoms with Crippen LogP contribution in [0.5, 0.6) is 0 Å². The van der Waals surface area contributed by atoms with Gasteiger partial charge >= 0.3 is 0 Å². The van der Waals surface area contributed by atoms with Crippen molar-refractivity contribution in [3.63, 3.8) is 0 Å². The van der Waals surface area contributed by atoms with Gasteiger partial charge < -0.3 is 14.8 Å². The van der Waals surface area contributed by atoms with Crippen molar-refractivity contribution in [2.45, 2.75) is 53.1 Å². The number of aromatic nitrogens is 2. The van der Waals surface area contributed by atoms with Gasteiger partial charge in [-0.1, -0.05) is 36.8 Å². The van der Waals surface area contributed by atoms with E-state index in [2.05, 4.69) is 12.2 Å². The maximum atomic E-state index is 13.1. The molecule has 0 saturated carbocycles. The minimum absolute atomic E-state index is 0.106. The van der Waals surface area contributed by atoms with Crippen LogP contribution in [-0.4, -0.2) is 39.4 Å². The van der Waals surface area contributed by atoms with E-state index in [4.69, 9.17) is 4.98 Å². The summed E-state index contributed by atoms with van der Waals surface area (Å²) in [5.41, 5.74) is 4.46. The molecule has 1 aromatic heterocycles. The Morgan fingerprint density at radius 2 is 1.84 bits per heavy atom. The molecule has 0 bridgehead atoms. The Morgan fingerprint density at radius 3 is 2.56 bits per heavy atom. The summed E-state index contributed by atoms with van der Waals surface area (Å²) in [5, 5.41) is 3.09. The van der Waals surface area contributed by atoms with Crippen LogP contribution >= 0.6 is 0 Å². The number of fused-ring (bicyclic) bond motifs is 1. The van der Waals surface area contributed by atoms with Crippen molar-refractivity contribution in [1.82, 2.24) is 19.8 Å². The number of carbonyl (C=O) groups is 2. The van der Waals surface area contributed by atoms with E-state index < -0.39 is 0 Å². The van der Waals surface area contributed by atoms with E-state index in [0.717, 1.165) is 48.1 Å². The Hall–Kier alpha value is -3.15. The lowest BCUT2D eigenvalue weighted by atomic mass is 9.99. The summed E-state index contributed by atoms with van der Waals surface area (Å²) >= 11 is 0. The number of hydrogen-bond donors (Lipinski definition) is 1. The Balaban J connectivity index is 1.59. The quantitative estimate of drug-likeness (QED) is 0.650. The van der Waals surface area contributed by atoms with Gasteiger partial charge in [0, 0.05) is 18.7 Å². The number of hydrogen-bond acceptors (Lipinski definition) is 3. The molecule has 1 fully saturated rings. The lowest BCUT2D eigenvalue weighted by Crippen LogP contribution is -2.40. The molecule has 1 N–H and O–H groups in total. The molecule has 6 nitrogen and oxygen atoms in total. The molecule has 0 radical (unpaired) electrons. The number of likely N-dealkylation sites (tertiary alicyclic amines) is 1. The summed E-state index contributed by atoms with van der Waals surface area (Å²) in [6.07, 6.45) is 2.09. The van der Waals surface area contributed by atoms with E-state index >= 15 is 0 Å². The number of nitrogens with one attached hydrogen (secondary N) is 1. The number of benzene rings is 2. The average Bonchev–Trinajstić information content (AvgIpc) is 3.12. The molecule has 1 unspecified atom stereocenters. The number of nitrogens with zero attached hydrogens (tertiary/aromatic N) is 3. The SMILES string of the molecule is Cc1ccc(C(=O)NC(C)c2nc3ccccc3n2CC(=O)N2CCC(C)CC2)c(C)c1. The fourth-order valence-electron chi connectivity index (χ4n) is 4.49. The maximum absolute atomic E-state index is 13.1. The molecule has 3 aromatic rings. The third-order valence-electron chi connectivity index (χ3n) is 6.48. The van der Waals surface area contributed by atoms with Crippen LogP contribution in [0, 0.1) is 19.8 Å². The highest BCUT2D eigenvalue weighted by Crippen LogP contribution is 2.23. The van der Waals surface area contributed by atoms with Gasteiger partial charge in [0.05, 0.1) is 17.1 Å². The Labute approximate surface area is 189 Å². The van der Waals surface area contributed by atoms with Gasteiger partial charge in [-0.05, 0) is 63.3 Å². The van der Waals surface area contributed by atoms with Crippen LogP contribution in [0.1, 0.15) is 60.0 Å². The van der Waals surface area contributed by atoms with Gasteiger partial charge in [0.1, 0.15) is 12.4 Å². The first-order valence-electron chi connectivity index (χ1n) is 11.4. The van der Waals surface area contributed by atoms with Crippen molar-refractivity contribution in [1.29, 1.82) is 0 Å². The number of rotatable bonds is 5. The lowest BCUT2D eigenvalue weighted by molar-refractivity contribution is -0.133. The minimum Gasteiger partial charge on any atom is -0.342 e. The van der Waals surface area contributed by atoms with E-state index in [1.807, 2.05) is 72.7 Å². The van der Waals surface area contributed by atoms with Crippen LogP contribution in [0.3, 0.4) is 0 Å². The van der Waals surface area contributed by atoms with Gasteiger partial charge in [-0.15, -0.1) is 0 Å². The van der Waals surface area contributed by atoms with Crippen LogP contribution in [0.4, 0.5) is 0 Å². The number of aryl methyl sites for hydroxylation is 2. The first kappa shape index (κ1) is 22.1. The summed E-state index contributed by atoms with van der Waals surface area (Å²) in [6.45, 7) is 9.96. The minimum atomic E-state index is -0.343. The summed E-state index contributed by atoms with van der Waals surface area (Å²) < 4.78 is 1.96. The molecule has 168 valence electrons. The maximum Gasteiger partial charge on any atom is 0.252 e. The molecule has 1 aliphatic heterocycles. The highest BCUT2D eigenvalue weighted by atomic mass is 16.2. The standard InChI is InChI=1S/C26H32N4O2/c1-17-11-13-29(14-12-17)24(31)16-30-23-8-6-5-7-22(23)28-25(30)20(4)27-26(32)21-10-9-18(2)15-19(21)3/h5-10,15,17,20H,11-14,16H2,1-4H3,(H,27,32). The topological polar surface area (TPSA) is 67.2 Å². The van der Waals surface area contributed by atoms with Crippen LogP contribution in [0.25, 0.3) is 11.0 Å². The van der Waals surface area contributed by atoms with E-state index in [0.29, 0.717) is 17.3 Å². The molecule has 0 aliphatic carbocycles. The molecule has 4 rings (SSSR count). The smallest absolute Gasteiger partial charge is 0.252 e. The van der Waals surface area contributed by atoms with Gasteiger partial charge in [-0.2, -0.15) is 0 Å². The van der Waals surface area contributed by atoms with Crippen molar-refractivity contribution < 1.29 is 9.59 Å². The van der Waals surface area contributed by atoms with Crippen molar-refractivity contribution in [2.24, 2.45) is 5.92 Å². The molecule has 6 heteroatoms. The van der Waals surface area contributed by atoms with Crippen molar-refractivity contribution in [3.05, 3.63) is 65.0 Å². The zero-order valence-corrected chi connectivity index (χ0v) is 19.4. The molecular formula is C26H32N4O2. The number of imidazole rings is 1.